The summed E-state index contributed by atoms with van der Waals surface area (Å²) in [7, 11) is 0. The van der Waals surface area contributed by atoms with Crippen molar-refractivity contribution in [2.45, 2.75) is 56.4 Å². The number of carbonyl (C=O) groups is 1. The molecule has 1 N–H and O–H groups in total. The number of rotatable bonds is 8. The summed E-state index contributed by atoms with van der Waals surface area (Å²) >= 11 is 1.16. The molecule has 1 aromatic heterocycles. The lowest BCUT2D eigenvalue weighted by Crippen LogP contribution is -2.18. The second-order valence-corrected chi connectivity index (χ2v) is 8.33. The van der Waals surface area contributed by atoms with Crippen molar-refractivity contribution in [1.82, 2.24) is 14.8 Å². The van der Waals surface area contributed by atoms with E-state index in [-0.39, 0.29) is 11.4 Å². The van der Waals surface area contributed by atoms with E-state index in [1.54, 1.807) is 6.08 Å². The summed E-state index contributed by atoms with van der Waals surface area (Å²) in [6.07, 6.45) is 4.18. The molecule has 1 saturated carbocycles. The van der Waals surface area contributed by atoms with Crippen LogP contribution in [-0.4, -0.2) is 26.4 Å². The van der Waals surface area contributed by atoms with Crippen LogP contribution in [0.4, 0.5) is 18.9 Å². The Labute approximate surface area is 178 Å². The molecule has 0 spiro atoms. The van der Waals surface area contributed by atoms with E-state index >= 15 is 0 Å². The number of allylic oxidation sites excluding steroid dienone is 1. The number of para-hydroxylation sites is 1. The number of hydrogen-bond acceptors (Lipinski definition) is 4. The number of benzene rings is 1. The van der Waals surface area contributed by atoms with Crippen molar-refractivity contribution in [2.75, 3.05) is 11.1 Å². The first kappa shape index (κ1) is 22.4. The van der Waals surface area contributed by atoms with Crippen LogP contribution in [0, 0.1) is 5.92 Å². The van der Waals surface area contributed by atoms with Gasteiger partial charge in [0, 0.05) is 13.0 Å². The Kier molecular flexibility index (Phi) is 7.58. The van der Waals surface area contributed by atoms with Crippen LogP contribution in [-0.2, 0) is 23.9 Å². The number of alkyl halides is 3. The monoisotopic (exact) mass is 438 g/mol. The predicted octanol–water partition coefficient (Wildman–Crippen LogP) is 5.34. The lowest BCUT2D eigenvalue weighted by molar-refractivity contribution is -0.137. The molecule has 0 atom stereocenters. The summed E-state index contributed by atoms with van der Waals surface area (Å²) in [6, 6.07) is 4.93. The van der Waals surface area contributed by atoms with Gasteiger partial charge in [0.15, 0.2) is 5.16 Å². The quantitative estimate of drug-likeness (QED) is 0.447. The largest absolute Gasteiger partial charge is 0.418 e. The number of thioether (sulfide) groups is 1. The van der Waals surface area contributed by atoms with Gasteiger partial charge in [0.05, 0.1) is 17.0 Å². The molecule has 1 heterocycles. The SMILES string of the molecule is C=CCn1c(CC2CCCCC2)nnc1SCC(=O)Nc1ccccc1C(F)(F)F. The number of nitrogens with one attached hydrogen (secondary N) is 1. The molecule has 1 aliphatic rings. The highest BCUT2D eigenvalue weighted by Gasteiger charge is 2.33. The Morgan fingerprint density at radius 2 is 1.97 bits per heavy atom. The third-order valence-electron chi connectivity index (χ3n) is 5.14. The van der Waals surface area contributed by atoms with E-state index < -0.39 is 17.6 Å². The van der Waals surface area contributed by atoms with E-state index in [1.807, 2.05) is 4.57 Å². The predicted molar refractivity (Wildman–Crippen MR) is 111 cm³/mol. The average molecular weight is 439 g/mol. The number of amides is 1. The molecule has 30 heavy (non-hydrogen) atoms. The molecule has 1 aromatic carbocycles. The van der Waals surface area contributed by atoms with Crippen molar-refractivity contribution in [3.05, 3.63) is 48.3 Å². The molecule has 5 nitrogen and oxygen atoms in total. The zero-order valence-electron chi connectivity index (χ0n) is 16.6. The fraction of sp³-hybridized carbons (Fsp3) is 0.476. The Morgan fingerprint density at radius 1 is 1.23 bits per heavy atom. The van der Waals surface area contributed by atoms with Crippen molar-refractivity contribution >= 4 is 23.4 Å². The fourth-order valence-electron chi connectivity index (χ4n) is 3.69. The van der Waals surface area contributed by atoms with Crippen LogP contribution in [0.2, 0.25) is 0 Å². The van der Waals surface area contributed by atoms with Gasteiger partial charge >= 0.3 is 6.18 Å². The summed E-state index contributed by atoms with van der Waals surface area (Å²) in [5, 5.41) is 11.4. The highest BCUT2D eigenvalue weighted by molar-refractivity contribution is 7.99. The van der Waals surface area contributed by atoms with Crippen molar-refractivity contribution in [3.8, 4) is 0 Å². The molecular weight excluding hydrogens is 413 g/mol. The Hall–Kier alpha value is -2.29. The van der Waals surface area contributed by atoms with Gasteiger partial charge in [-0.05, 0) is 18.1 Å². The number of aromatic nitrogens is 3. The number of anilines is 1. The minimum Gasteiger partial charge on any atom is -0.325 e. The zero-order valence-corrected chi connectivity index (χ0v) is 17.4. The molecule has 0 bridgehead atoms. The van der Waals surface area contributed by atoms with E-state index in [1.165, 1.54) is 50.3 Å². The standard InChI is InChI=1S/C21H25F3N4OS/c1-2-12-28-18(13-15-8-4-3-5-9-15)26-27-20(28)30-14-19(29)25-17-11-7-6-10-16(17)21(22,23)24/h2,6-7,10-11,15H,1,3-5,8-9,12-14H2,(H,25,29). The van der Waals surface area contributed by atoms with Gasteiger partial charge in [0.25, 0.3) is 0 Å². The van der Waals surface area contributed by atoms with Crippen LogP contribution in [0.15, 0.2) is 42.1 Å². The highest BCUT2D eigenvalue weighted by atomic mass is 32.2. The third kappa shape index (κ3) is 5.87. The smallest absolute Gasteiger partial charge is 0.325 e. The maximum absolute atomic E-state index is 13.1. The van der Waals surface area contributed by atoms with E-state index in [2.05, 4.69) is 22.1 Å². The van der Waals surface area contributed by atoms with Crippen LogP contribution < -0.4 is 5.32 Å². The van der Waals surface area contributed by atoms with Gasteiger partial charge in [0.2, 0.25) is 5.91 Å². The number of hydrogen-bond donors (Lipinski definition) is 1. The van der Waals surface area contributed by atoms with Crippen LogP contribution in [0.25, 0.3) is 0 Å². The molecule has 162 valence electrons. The van der Waals surface area contributed by atoms with E-state index in [0.29, 0.717) is 17.6 Å². The number of carbonyl (C=O) groups excluding carboxylic acids is 1. The molecule has 0 unspecified atom stereocenters. The summed E-state index contributed by atoms with van der Waals surface area (Å²) < 4.78 is 41.2. The van der Waals surface area contributed by atoms with Crippen LogP contribution in [0.5, 0.6) is 0 Å². The van der Waals surface area contributed by atoms with Gasteiger partial charge < -0.3 is 9.88 Å². The molecule has 1 amide bonds. The minimum absolute atomic E-state index is 0.0646. The lowest BCUT2D eigenvalue weighted by Gasteiger charge is -2.21. The van der Waals surface area contributed by atoms with Gasteiger partial charge in [0.1, 0.15) is 5.82 Å². The zero-order chi connectivity index (χ0) is 21.6. The van der Waals surface area contributed by atoms with Crippen molar-refractivity contribution in [3.63, 3.8) is 0 Å². The molecule has 0 saturated heterocycles. The molecule has 1 fully saturated rings. The normalized spacial score (nSPS) is 15.2. The summed E-state index contributed by atoms with van der Waals surface area (Å²) in [5.41, 5.74) is -1.12. The van der Waals surface area contributed by atoms with Gasteiger partial charge in [-0.15, -0.1) is 16.8 Å². The first-order valence-electron chi connectivity index (χ1n) is 10.0. The molecule has 3 rings (SSSR count). The van der Waals surface area contributed by atoms with Crippen molar-refractivity contribution < 1.29 is 18.0 Å². The molecule has 0 aliphatic heterocycles. The maximum atomic E-state index is 13.1. The van der Waals surface area contributed by atoms with Crippen molar-refractivity contribution in [2.24, 2.45) is 5.92 Å². The number of nitrogens with zero attached hydrogens (tertiary/aromatic N) is 3. The molecule has 2 aromatic rings. The summed E-state index contributed by atoms with van der Waals surface area (Å²) in [5.74, 6) is 0.864. The highest BCUT2D eigenvalue weighted by Crippen LogP contribution is 2.34. The topological polar surface area (TPSA) is 59.8 Å². The van der Waals surface area contributed by atoms with Crippen LogP contribution >= 0.6 is 11.8 Å². The van der Waals surface area contributed by atoms with E-state index in [9.17, 15) is 18.0 Å². The fourth-order valence-corrected chi connectivity index (χ4v) is 4.46. The number of halogens is 3. The van der Waals surface area contributed by atoms with Gasteiger partial charge in [-0.25, -0.2) is 0 Å². The first-order chi connectivity index (χ1) is 14.4. The molecular formula is C21H25F3N4OS. The Balaban J connectivity index is 1.64. The summed E-state index contributed by atoms with van der Waals surface area (Å²) in [6.45, 7) is 4.30. The third-order valence-corrected chi connectivity index (χ3v) is 6.11. The Bertz CT molecular complexity index is 875. The maximum Gasteiger partial charge on any atom is 0.418 e. The minimum atomic E-state index is -4.53. The van der Waals surface area contributed by atoms with E-state index in [4.69, 9.17) is 0 Å². The second-order valence-electron chi connectivity index (χ2n) is 7.39. The van der Waals surface area contributed by atoms with Crippen molar-refractivity contribution in [1.29, 1.82) is 0 Å². The molecule has 1 aliphatic carbocycles. The van der Waals surface area contributed by atoms with Crippen LogP contribution in [0.1, 0.15) is 43.5 Å². The second kappa shape index (κ2) is 10.1. The van der Waals surface area contributed by atoms with Gasteiger partial charge in [-0.2, -0.15) is 13.2 Å². The van der Waals surface area contributed by atoms with Gasteiger partial charge in [-0.1, -0.05) is 62.1 Å². The Morgan fingerprint density at radius 3 is 2.67 bits per heavy atom. The first-order valence-corrected chi connectivity index (χ1v) is 11.0. The van der Waals surface area contributed by atoms with Gasteiger partial charge in [-0.3, -0.25) is 4.79 Å². The summed E-state index contributed by atoms with van der Waals surface area (Å²) in [4.78, 5) is 12.3. The van der Waals surface area contributed by atoms with E-state index in [0.717, 1.165) is 30.1 Å². The molecule has 9 heteroatoms. The average Bonchev–Trinajstić information content (AvgIpc) is 3.08. The lowest BCUT2D eigenvalue weighted by atomic mass is 9.87. The van der Waals surface area contributed by atoms with Crippen LogP contribution in [0.3, 0.4) is 0 Å². The molecule has 0 radical (unpaired) electrons.